The third-order valence-corrected chi connectivity index (χ3v) is 7.68. The molecule has 4 aromatic rings. The first kappa shape index (κ1) is 30.8. The molecule has 4 aromatic carbocycles. The summed E-state index contributed by atoms with van der Waals surface area (Å²) in [5.74, 6) is -1.28. The van der Waals surface area contributed by atoms with E-state index in [0.717, 1.165) is 11.1 Å². The minimum absolute atomic E-state index is 0.0213. The van der Waals surface area contributed by atoms with Crippen molar-refractivity contribution >= 4 is 29.3 Å². The normalized spacial score (nSPS) is 13.6. The molecule has 10 nitrogen and oxygen atoms in total. The summed E-state index contributed by atoms with van der Waals surface area (Å²) in [5, 5.41) is 18.0. The van der Waals surface area contributed by atoms with Crippen LogP contribution in [-0.2, 0) is 44.9 Å². The zero-order valence-electron chi connectivity index (χ0n) is 24.5. The van der Waals surface area contributed by atoms with Crippen molar-refractivity contribution in [3.63, 3.8) is 0 Å². The van der Waals surface area contributed by atoms with Gasteiger partial charge in [-0.25, -0.2) is 0 Å². The molecule has 0 saturated carbocycles. The quantitative estimate of drug-likeness (QED) is 0.167. The van der Waals surface area contributed by atoms with Gasteiger partial charge in [0.15, 0.2) is 6.61 Å². The fourth-order valence-electron chi connectivity index (χ4n) is 5.34. The first-order valence-electron chi connectivity index (χ1n) is 14.5. The van der Waals surface area contributed by atoms with Crippen LogP contribution in [-0.4, -0.2) is 46.9 Å². The van der Waals surface area contributed by atoms with Crippen LogP contribution in [0.5, 0.6) is 11.5 Å². The fourth-order valence-corrected chi connectivity index (χ4v) is 5.34. The number of primary amides is 1. The van der Waals surface area contributed by atoms with Crippen molar-refractivity contribution in [1.82, 2.24) is 10.6 Å². The van der Waals surface area contributed by atoms with Crippen LogP contribution >= 0.6 is 0 Å². The third kappa shape index (κ3) is 8.05. The molecule has 45 heavy (non-hydrogen) atoms. The van der Waals surface area contributed by atoms with Crippen LogP contribution < -0.4 is 26.4 Å². The van der Waals surface area contributed by atoms with Gasteiger partial charge in [-0.3, -0.25) is 19.2 Å². The largest absolute Gasteiger partial charge is 0.508 e. The Balaban J connectivity index is 1.27. The van der Waals surface area contributed by atoms with Crippen molar-refractivity contribution in [3.8, 4) is 11.5 Å². The second-order valence-corrected chi connectivity index (χ2v) is 11.1. The molecule has 0 saturated heterocycles. The highest BCUT2D eigenvalue weighted by Crippen LogP contribution is 2.30. The summed E-state index contributed by atoms with van der Waals surface area (Å²) in [5.41, 5.74) is 8.27. The molecule has 0 radical (unpaired) electrons. The number of phenolic OH excluding ortho intramolecular Hbond substituents is 1. The lowest BCUT2D eigenvalue weighted by molar-refractivity contribution is -0.134. The Morgan fingerprint density at radius 1 is 0.778 bits per heavy atom. The van der Waals surface area contributed by atoms with Crippen LogP contribution in [0.3, 0.4) is 0 Å². The first-order valence-corrected chi connectivity index (χ1v) is 14.5. The number of amides is 4. The molecule has 5 rings (SSSR count). The molecule has 1 aliphatic rings. The molecule has 10 heteroatoms. The lowest BCUT2D eigenvalue weighted by atomic mass is 9.93. The summed E-state index contributed by atoms with van der Waals surface area (Å²) in [4.78, 5) is 51.9. The Kier molecular flexibility index (Phi) is 9.43. The lowest BCUT2D eigenvalue weighted by Gasteiger charge is -2.29. The van der Waals surface area contributed by atoms with E-state index in [1.165, 1.54) is 12.1 Å². The van der Waals surface area contributed by atoms with Gasteiger partial charge in [0.2, 0.25) is 17.7 Å². The number of benzene rings is 4. The van der Waals surface area contributed by atoms with Crippen LogP contribution in [0.15, 0.2) is 103 Å². The van der Waals surface area contributed by atoms with Crippen LogP contribution in [0, 0.1) is 0 Å². The number of para-hydroxylation sites is 1. The first-order chi connectivity index (χ1) is 21.7. The topological polar surface area (TPSA) is 160 Å². The number of carbonyl (C=O) groups is 4. The Labute approximate surface area is 260 Å². The number of nitrogens with two attached hydrogens (primary N) is 1. The number of phenols is 1. The zero-order chi connectivity index (χ0) is 31.8. The number of nitrogens with one attached hydrogen (secondary N) is 3. The van der Waals surface area contributed by atoms with Gasteiger partial charge in [-0.2, -0.15) is 0 Å². The lowest BCUT2D eigenvalue weighted by Crippen LogP contribution is -2.62. The molecule has 1 atom stereocenters. The van der Waals surface area contributed by atoms with Crippen LogP contribution in [0.25, 0.3) is 0 Å². The molecule has 1 aliphatic carbocycles. The molecule has 0 heterocycles. The van der Waals surface area contributed by atoms with E-state index in [4.69, 9.17) is 10.5 Å². The number of hydrogen-bond acceptors (Lipinski definition) is 6. The molecule has 6 N–H and O–H groups in total. The van der Waals surface area contributed by atoms with Crippen molar-refractivity contribution in [2.24, 2.45) is 5.73 Å². The van der Waals surface area contributed by atoms with E-state index < -0.39 is 29.3 Å². The van der Waals surface area contributed by atoms with Gasteiger partial charge < -0.3 is 31.5 Å². The molecule has 4 amide bonds. The summed E-state index contributed by atoms with van der Waals surface area (Å²) in [6, 6.07) is 28.6. The number of aromatic hydroxyl groups is 1. The summed E-state index contributed by atoms with van der Waals surface area (Å²) < 4.78 is 5.49. The minimum atomic E-state index is -1.32. The number of anilines is 1. The molecule has 0 aromatic heterocycles. The highest BCUT2D eigenvalue weighted by atomic mass is 16.5. The van der Waals surface area contributed by atoms with Crippen LogP contribution in [0.4, 0.5) is 5.69 Å². The van der Waals surface area contributed by atoms with Gasteiger partial charge in [0.1, 0.15) is 23.1 Å². The van der Waals surface area contributed by atoms with E-state index >= 15 is 0 Å². The van der Waals surface area contributed by atoms with Gasteiger partial charge in [-0.15, -0.1) is 0 Å². The number of ether oxygens (including phenoxy) is 1. The summed E-state index contributed by atoms with van der Waals surface area (Å²) >= 11 is 0. The van der Waals surface area contributed by atoms with E-state index in [0.29, 0.717) is 22.6 Å². The molecule has 0 aliphatic heterocycles. The maximum Gasteiger partial charge on any atom is 0.262 e. The predicted molar refractivity (Wildman–Crippen MR) is 168 cm³/mol. The average Bonchev–Trinajstić information content (AvgIpc) is 3.42. The van der Waals surface area contributed by atoms with E-state index in [9.17, 15) is 24.3 Å². The van der Waals surface area contributed by atoms with E-state index in [1.54, 1.807) is 48.5 Å². The molecule has 0 spiro atoms. The Morgan fingerprint density at radius 2 is 1.38 bits per heavy atom. The molecule has 0 fully saturated rings. The van der Waals surface area contributed by atoms with Gasteiger partial charge in [0.05, 0.1) is 6.42 Å². The predicted octanol–water partition coefficient (Wildman–Crippen LogP) is 2.82. The van der Waals surface area contributed by atoms with E-state index in [-0.39, 0.29) is 43.9 Å². The molecule has 0 unspecified atom stereocenters. The van der Waals surface area contributed by atoms with Crippen molar-refractivity contribution in [1.29, 1.82) is 0 Å². The average molecular weight is 607 g/mol. The zero-order valence-corrected chi connectivity index (χ0v) is 24.5. The van der Waals surface area contributed by atoms with Gasteiger partial charge in [0.25, 0.3) is 5.91 Å². The molecular weight excluding hydrogens is 572 g/mol. The Morgan fingerprint density at radius 3 is 2.00 bits per heavy atom. The van der Waals surface area contributed by atoms with Gasteiger partial charge >= 0.3 is 0 Å². The van der Waals surface area contributed by atoms with Crippen molar-refractivity contribution in [3.05, 3.63) is 125 Å². The molecular formula is C35H34N4O6. The summed E-state index contributed by atoms with van der Waals surface area (Å²) in [6.07, 6.45) is 0.592. The number of carbonyl (C=O) groups excluding carboxylic acids is 4. The Bertz CT molecular complexity index is 1650. The maximum absolute atomic E-state index is 13.8. The third-order valence-electron chi connectivity index (χ3n) is 7.68. The van der Waals surface area contributed by atoms with Gasteiger partial charge in [-0.1, -0.05) is 66.7 Å². The molecule has 0 bridgehead atoms. The maximum atomic E-state index is 13.8. The fraction of sp³-hybridized carbons (Fsp3) is 0.200. The number of hydrogen-bond donors (Lipinski definition) is 5. The van der Waals surface area contributed by atoms with E-state index in [1.807, 2.05) is 42.5 Å². The SMILES string of the molecule is NC(=O)C1(NC(=O)[C@H](Cc2ccc(NC(=O)COc3ccccc3)cc2)NC(=O)Cc2ccc(O)cc2)Cc2ccccc2C1. The summed E-state index contributed by atoms with van der Waals surface area (Å²) in [6.45, 7) is -0.160. The Hall–Kier alpha value is -5.64. The highest BCUT2D eigenvalue weighted by molar-refractivity contribution is 5.95. The van der Waals surface area contributed by atoms with Gasteiger partial charge in [0, 0.05) is 24.9 Å². The van der Waals surface area contributed by atoms with Crippen LogP contribution in [0.1, 0.15) is 22.3 Å². The standard InChI is InChI=1S/C35H34N4O6/c36-34(44)35(20-25-6-4-5-7-26(25)21-35)39-33(43)30(38-31(41)19-24-12-16-28(40)17-13-24)18-23-10-14-27(15-11-23)37-32(42)22-45-29-8-2-1-3-9-29/h1-17,30,40H,18-22H2,(H2,36,44)(H,37,42)(H,38,41)(H,39,43)/t30-/m0/s1. The number of rotatable bonds is 12. The minimum Gasteiger partial charge on any atom is -0.508 e. The van der Waals surface area contributed by atoms with Crippen molar-refractivity contribution < 1.29 is 29.0 Å². The summed E-state index contributed by atoms with van der Waals surface area (Å²) in [7, 11) is 0. The smallest absolute Gasteiger partial charge is 0.262 e. The highest BCUT2D eigenvalue weighted by Gasteiger charge is 2.44. The number of fused-ring (bicyclic) bond motifs is 1. The second kappa shape index (κ2) is 13.8. The monoisotopic (exact) mass is 606 g/mol. The van der Waals surface area contributed by atoms with Crippen LogP contribution in [0.2, 0.25) is 0 Å². The van der Waals surface area contributed by atoms with Crippen molar-refractivity contribution in [2.45, 2.75) is 37.3 Å². The van der Waals surface area contributed by atoms with E-state index in [2.05, 4.69) is 16.0 Å². The van der Waals surface area contributed by atoms with Crippen molar-refractivity contribution in [2.75, 3.05) is 11.9 Å². The second-order valence-electron chi connectivity index (χ2n) is 11.1. The molecule has 230 valence electrons. The van der Waals surface area contributed by atoms with Gasteiger partial charge in [-0.05, 0) is 58.7 Å².